The SMILES string of the molecule is C/C(=N/Nc1cccc(C(=O)O)c1)c1ccc(C)cc1. The van der Waals surface area contributed by atoms with Gasteiger partial charge in [0.1, 0.15) is 0 Å². The second-order valence-electron chi connectivity index (χ2n) is 4.56. The molecule has 0 radical (unpaired) electrons. The first-order chi connectivity index (χ1) is 9.56. The molecule has 0 saturated carbocycles. The largest absolute Gasteiger partial charge is 0.478 e. The molecule has 0 aliphatic carbocycles. The average molecular weight is 268 g/mol. The number of carboxylic acid groups (broad SMARTS) is 1. The van der Waals surface area contributed by atoms with Gasteiger partial charge in [-0.05, 0) is 37.6 Å². The lowest BCUT2D eigenvalue weighted by molar-refractivity contribution is 0.0697. The summed E-state index contributed by atoms with van der Waals surface area (Å²) in [5, 5.41) is 13.2. The van der Waals surface area contributed by atoms with Crippen molar-refractivity contribution in [1.82, 2.24) is 0 Å². The second-order valence-corrected chi connectivity index (χ2v) is 4.56. The number of hydrogen-bond donors (Lipinski definition) is 2. The molecule has 0 aromatic heterocycles. The van der Waals surface area contributed by atoms with E-state index < -0.39 is 5.97 Å². The number of nitrogens with one attached hydrogen (secondary N) is 1. The Morgan fingerprint density at radius 2 is 1.80 bits per heavy atom. The Kier molecular flexibility index (Phi) is 4.15. The van der Waals surface area contributed by atoms with Crippen LogP contribution in [0.5, 0.6) is 0 Å². The summed E-state index contributed by atoms with van der Waals surface area (Å²) in [6.07, 6.45) is 0. The molecule has 0 heterocycles. The predicted octanol–water partition coefficient (Wildman–Crippen LogP) is 3.53. The van der Waals surface area contributed by atoms with E-state index in [4.69, 9.17) is 5.11 Å². The molecule has 0 spiro atoms. The second kappa shape index (κ2) is 6.02. The molecular weight excluding hydrogens is 252 g/mol. The molecule has 102 valence electrons. The molecule has 0 bridgehead atoms. The molecule has 2 aromatic carbocycles. The molecular formula is C16H16N2O2. The molecule has 2 rings (SSSR count). The highest BCUT2D eigenvalue weighted by Crippen LogP contribution is 2.11. The van der Waals surface area contributed by atoms with Crippen molar-refractivity contribution in [1.29, 1.82) is 0 Å². The number of hydrazone groups is 1. The molecule has 20 heavy (non-hydrogen) atoms. The maximum atomic E-state index is 10.9. The van der Waals surface area contributed by atoms with E-state index in [-0.39, 0.29) is 5.56 Å². The van der Waals surface area contributed by atoms with Crippen LogP contribution in [0.4, 0.5) is 5.69 Å². The van der Waals surface area contributed by atoms with Crippen molar-refractivity contribution < 1.29 is 9.90 Å². The van der Waals surface area contributed by atoms with Crippen molar-refractivity contribution in [3.8, 4) is 0 Å². The molecule has 0 atom stereocenters. The van der Waals surface area contributed by atoms with E-state index in [1.807, 2.05) is 38.1 Å². The molecule has 0 aliphatic heterocycles. The molecule has 0 amide bonds. The minimum atomic E-state index is -0.951. The number of benzene rings is 2. The third-order valence-corrected chi connectivity index (χ3v) is 2.93. The van der Waals surface area contributed by atoms with E-state index in [1.165, 1.54) is 5.56 Å². The van der Waals surface area contributed by atoms with Crippen LogP contribution < -0.4 is 5.43 Å². The van der Waals surface area contributed by atoms with Gasteiger partial charge in [-0.3, -0.25) is 5.43 Å². The third-order valence-electron chi connectivity index (χ3n) is 2.93. The van der Waals surface area contributed by atoms with Crippen molar-refractivity contribution in [2.45, 2.75) is 13.8 Å². The van der Waals surface area contributed by atoms with E-state index in [2.05, 4.69) is 10.5 Å². The topological polar surface area (TPSA) is 61.7 Å². The van der Waals surface area contributed by atoms with Crippen LogP contribution >= 0.6 is 0 Å². The highest BCUT2D eigenvalue weighted by molar-refractivity contribution is 5.99. The monoisotopic (exact) mass is 268 g/mol. The molecule has 0 saturated heterocycles. The van der Waals surface area contributed by atoms with Gasteiger partial charge in [-0.1, -0.05) is 35.9 Å². The summed E-state index contributed by atoms with van der Waals surface area (Å²) in [7, 11) is 0. The smallest absolute Gasteiger partial charge is 0.335 e. The zero-order chi connectivity index (χ0) is 14.5. The molecule has 0 unspecified atom stereocenters. The third kappa shape index (κ3) is 3.45. The number of aryl methyl sites for hydroxylation is 1. The summed E-state index contributed by atoms with van der Waals surface area (Å²) in [5.74, 6) is -0.951. The van der Waals surface area contributed by atoms with Gasteiger partial charge in [-0.15, -0.1) is 0 Å². The Balaban J connectivity index is 2.14. The number of rotatable bonds is 4. The Morgan fingerprint density at radius 3 is 2.45 bits per heavy atom. The van der Waals surface area contributed by atoms with Gasteiger partial charge in [0.15, 0.2) is 0 Å². The molecule has 0 fully saturated rings. The number of anilines is 1. The lowest BCUT2D eigenvalue weighted by Gasteiger charge is -2.05. The van der Waals surface area contributed by atoms with Crippen LogP contribution in [0.1, 0.15) is 28.4 Å². The van der Waals surface area contributed by atoms with Crippen LogP contribution in [-0.2, 0) is 0 Å². The maximum absolute atomic E-state index is 10.9. The number of hydrogen-bond acceptors (Lipinski definition) is 3. The number of carboxylic acids is 1. The molecule has 0 aliphatic rings. The van der Waals surface area contributed by atoms with Crippen LogP contribution in [0.3, 0.4) is 0 Å². The van der Waals surface area contributed by atoms with Gasteiger partial charge >= 0.3 is 5.97 Å². The Labute approximate surface area is 117 Å². The van der Waals surface area contributed by atoms with E-state index in [9.17, 15) is 4.79 Å². The van der Waals surface area contributed by atoms with E-state index in [0.29, 0.717) is 5.69 Å². The van der Waals surface area contributed by atoms with E-state index in [0.717, 1.165) is 11.3 Å². The zero-order valence-electron chi connectivity index (χ0n) is 11.4. The fourth-order valence-electron chi connectivity index (χ4n) is 1.73. The van der Waals surface area contributed by atoms with Gasteiger partial charge in [0, 0.05) is 0 Å². The van der Waals surface area contributed by atoms with Crippen molar-refractivity contribution in [2.75, 3.05) is 5.43 Å². The van der Waals surface area contributed by atoms with Crippen LogP contribution in [0, 0.1) is 6.92 Å². The van der Waals surface area contributed by atoms with Gasteiger partial charge < -0.3 is 5.11 Å². The summed E-state index contributed by atoms with van der Waals surface area (Å²) in [5.41, 5.74) is 6.82. The Bertz CT molecular complexity index is 646. The molecule has 2 N–H and O–H groups in total. The quantitative estimate of drug-likeness (QED) is 0.658. The van der Waals surface area contributed by atoms with Crippen LogP contribution in [-0.4, -0.2) is 16.8 Å². The number of aromatic carboxylic acids is 1. The molecule has 2 aromatic rings. The Morgan fingerprint density at radius 1 is 1.10 bits per heavy atom. The van der Waals surface area contributed by atoms with Gasteiger partial charge in [0.2, 0.25) is 0 Å². The summed E-state index contributed by atoms with van der Waals surface area (Å²) in [6.45, 7) is 3.94. The molecule has 4 nitrogen and oxygen atoms in total. The van der Waals surface area contributed by atoms with E-state index in [1.54, 1.807) is 24.3 Å². The van der Waals surface area contributed by atoms with Crippen molar-refractivity contribution >= 4 is 17.4 Å². The first kappa shape index (κ1) is 13.8. The van der Waals surface area contributed by atoms with Gasteiger partial charge in [0.05, 0.1) is 17.0 Å². The summed E-state index contributed by atoms with van der Waals surface area (Å²) < 4.78 is 0. The lowest BCUT2D eigenvalue weighted by atomic mass is 10.1. The summed E-state index contributed by atoms with van der Waals surface area (Å²) >= 11 is 0. The fourth-order valence-corrected chi connectivity index (χ4v) is 1.73. The predicted molar refractivity (Wildman–Crippen MR) is 80.4 cm³/mol. The van der Waals surface area contributed by atoms with Crippen LogP contribution in [0.15, 0.2) is 53.6 Å². The highest BCUT2D eigenvalue weighted by Gasteiger charge is 2.02. The number of nitrogens with zero attached hydrogens (tertiary/aromatic N) is 1. The fraction of sp³-hybridized carbons (Fsp3) is 0.125. The standard InChI is InChI=1S/C16H16N2O2/c1-11-6-8-13(9-7-11)12(2)17-18-15-5-3-4-14(10-15)16(19)20/h3-10,18H,1-2H3,(H,19,20)/b17-12-. The van der Waals surface area contributed by atoms with Crippen molar-refractivity contribution in [2.24, 2.45) is 5.10 Å². The zero-order valence-corrected chi connectivity index (χ0v) is 11.4. The van der Waals surface area contributed by atoms with Crippen LogP contribution in [0.25, 0.3) is 0 Å². The summed E-state index contributed by atoms with van der Waals surface area (Å²) in [6, 6.07) is 14.6. The minimum Gasteiger partial charge on any atom is -0.478 e. The normalized spacial score (nSPS) is 11.2. The van der Waals surface area contributed by atoms with Crippen molar-refractivity contribution in [3.63, 3.8) is 0 Å². The van der Waals surface area contributed by atoms with Gasteiger partial charge in [-0.25, -0.2) is 4.79 Å². The first-order valence-corrected chi connectivity index (χ1v) is 6.27. The summed E-state index contributed by atoms with van der Waals surface area (Å²) in [4.78, 5) is 10.9. The minimum absolute atomic E-state index is 0.234. The maximum Gasteiger partial charge on any atom is 0.335 e. The van der Waals surface area contributed by atoms with Gasteiger partial charge in [-0.2, -0.15) is 5.10 Å². The first-order valence-electron chi connectivity index (χ1n) is 6.27. The van der Waals surface area contributed by atoms with Gasteiger partial charge in [0.25, 0.3) is 0 Å². The molecule has 4 heteroatoms. The average Bonchev–Trinajstić information content (AvgIpc) is 2.46. The Hall–Kier alpha value is -2.62. The van der Waals surface area contributed by atoms with E-state index >= 15 is 0 Å². The van der Waals surface area contributed by atoms with Crippen molar-refractivity contribution in [3.05, 3.63) is 65.2 Å². The van der Waals surface area contributed by atoms with Crippen LogP contribution in [0.2, 0.25) is 0 Å². The number of carbonyl (C=O) groups is 1. The lowest BCUT2D eigenvalue weighted by Crippen LogP contribution is -2.01. The highest BCUT2D eigenvalue weighted by atomic mass is 16.4.